The average molecular weight is 174 g/mol. The highest BCUT2D eigenvalue weighted by Crippen LogP contribution is 2.24. The minimum atomic E-state index is -0.276. The lowest BCUT2D eigenvalue weighted by atomic mass is 10.1. The summed E-state index contributed by atoms with van der Waals surface area (Å²) < 4.78 is 4.97. The number of hydrogen-bond donors (Lipinski definition) is 0. The zero-order valence-electron chi connectivity index (χ0n) is 7.41. The predicted molar refractivity (Wildman–Crippen MR) is 50.5 cm³/mol. The average Bonchev–Trinajstić information content (AvgIpc) is 2.49. The number of hydrogen-bond acceptors (Lipinski definition) is 2. The molecule has 0 saturated carbocycles. The maximum atomic E-state index is 10.7. The fraction of sp³-hybridized carbons (Fsp3) is 0.182. The summed E-state index contributed by atoms with van der Waals surface area (Å²) in [5, 5.41) is 0. The number of allylic oxidation sites excluding steroid dienone is 1. The molecule has 13 heavy (non-hydrogen) atoms. The van der Waals surface area contributed by atoms with Gasteiger partial charge in [-0.2, -0.15) is 0 Å². The van der Waals surface area contributed by atoms with Gasteiger partial charge in [0.2, 0.25) is 0 Å². The summed E-state index contributed by atoms with van der Waals surface area (Å²) in [4.78, 5) is 10.7. The van der Waals surface area contributed by atoms with Crippen molar-refractivity contribution in [2.24, 2.45) is 0 Å². The molecule has 2 heteroatoms. The Hall–Kier alpha value is -1.57. The standard InChI is InChI=1S/C11H10O2/c1-8(12)13-11-6-5-9-3-2-4-10(9)7-11/h2,4-7H,3H2,1H3. The summed E-state index contributed by atoms with van der Waals surface area (Å²) in [7, 11) is 0. The van der Waals surface area contributed by atoms with Gasteiger partial charge in [-0.25, -0.2) is 0 Å². The fourth-order valence-corrected chi connectivity index (χ4v) is 1.46. The van der Waals surface area contributed by atoms with Crippen LogP contribution in [0.4, 0.5) is 0 Å². The minimum absolute atomic E-state index is 0.276. The molecule has 0 fully saturated rings. The zero-order chi connectivity index (χ0) is 9.26. The molecular formula is C11H10O2. The van der Waals surface area contributed by atoms with Crippen molar-refractivity contribution in [3.63, 3.8) is 0 Å². The van der Waals surface area contributed by atoms with Crippen molar-refractivity contribution in [2.45, 2.75) is 13.3 Å². The van der Waals surface area contributed by atoms with E-state index in [9.17, 15) is 4.79 Å². The Morgan fingerprint density at radius 3 is 3.08 bits per heavy atom. The van der Waals surface area contributed by atoms with Gasteiger partial charge in [-0.3, -0.25) is 4.79 Å². The summed E-state index contributed by atoms with van der Waals surface area (Å²) >= 11 is 0. The molecule has 2 rings (SSSR count). The predicted octanol–water partition coefficient (Wildman–Crippen LogP) is 2.18. The summed E-state index contributed by atoms with van der Waals surface area (Å²) in [6.45, 7) is 1.41. The lowest BCUT2D eigenvalue weighted by Crippen LogP contribution is -2.01. The van der Waals surface area contributed by atoms with Crippen LogP contribution < -0.4 is 4.74 Å². The maximum Gasteiger partial charge on any atom is 0.308 e. The van der Waals surface area contributed by atoms with E-state index in [1.807, 2.05) is 24.3 Å². The van der Waals surface area contributed by atoms with E-state index in [1.54, 1.807) is 0 Å². The van der Waals surface area contributed by atoms with Crippen LogP contribution in [0.15, 0.2) is 24.3 Å². The number of ether oxygens (including phenoxy) is 1. The number of rotatable bonds is 1. The fourth-order valence-electron chi connectivity index (χ4n) is 1.46. The van der Waals surface area contributed by atoms with E-state index in [4.69, 9.17) is 4.74 Å². The van der Waals surface area contributed by atoms with Crippen LogP contribution in [0.1, 0.15) is 18.1 Å². The van der Waals surface area contributed by atoms with Gasteiger partial charge < -0.3 is 4.74 Å². The molecule has 0 atom stereocenters. The van der Waals surface area contributed by atoms with Gasteiger partial charge in [-0.15, -0.1) is 0 Å². The van der Waals surface area contributed by atoms with Crippen molar-refractivity contribution in [2.75, 3.05) is 0 Å². The molecule has 1 aliphatic carbocycles. The van der Waals surface area contributed by atoms with Crippen LogP contribution >= 0.6 is 0 Å². The van der Waals surface area contributed by atoms with Crippen LogP contribution in [0.5, 0.6) is 5.75 Å². The Morgan fingerprint density at radius 2 is 2.31 bits per heavy atom. The number of fused-ring (bicyclic) bond motifs is 1. The molecule has 0 aromatic heterocycles. The Bertz CT molecular complexity index is 378. The number of esters is 1. The topological polar surface area (TPSA) is 26.3 Å². The smallest absolute Gasteiger partial charge is 0.308 e. The Balaban J connectivity index is 2.30. The zero-order valence-corrected chi connectivity index (χ0v) is 7.41. The second-order valence-corrected chi connectivity index (χ2v) is 3.06. The molecule has 0 saturated heterocycles. The monoisotopic (exact) mass is 174 g/mol. The van der Waals surface area contributed by atoms with E-state index in [0.29, 0.717) is 5.75 Å². The van der Waals surface area contributed by atoms with Gasteiger partial charge in [0.05, 0.1) is 0 Å². The number of benzene rings is 1. The Kier molecular flexibility index (Phi) is 1.89. The van der Waals surface area contributed by atoms with Gasteiger partial charge in [-0.05, 0) is 29.7 Å². The van der Waals surface area contributed by atoms with Gasteiger partial charge in [0.25, 0.3) is 0 Å². The highest BCUT2D eigenvalue weighted by atomic mass is 16.5. The van der Waals surface area contributed by atoms with Crippen LogP contribution in [0.25, 0.3) is 6.08 Å². The van der Waals surface area contributed by atoms with E-state index in [0.717, 1.165) is 12.0 Å². The molecule has 0 heterocycles. The van der Waals surface area contributed by atoms with Gasteiger partial charge in [0, 0.05) is 6.92 Å². The third-order valence-electron chi connectivity index (χ3n) is 2.01. The molecule has 0 bridgehead atoms. The second-order valence-electron chi connectivity index (χ2n) is 3.06. The van der Waals surface area contributed by atoms with Crippen LogP contribution in [0.2, 0.25) is 0 Å². The van der Waals surface area contributed by atoms with Crippen molar-refractivity contribution in [3.05, 3.63) is 35.4 Å². The Morgan fingerprint density at radius 1 is 1.46 bits per heavy atom. The summed E-state index contributed by atoms with van der Waals surface area (Å²) in [5.41, 5.74) is 2.44. The van der Waals surface area contributed by atoms with E-state index in [-0.39, 0.29) is 5.97 Å². The third-order valence-corrected chi connectivity index (χ3v) is 2.01. The molecule has 0 unspecified atom stereocenters. The Labute approximate surface area is 76.8 Å². The second kappa shape index (κ2) is 3.05. The van der Waals surface area contributed by atoms with Crippen molar-refractivity contribution in [1.29, 1.82) is 0 Å². The van der Waals surface area contributed by atoms with Crippen LogP contribution in [0.3, 0.4) is 0 Å². The lowest BCUT2D eigenvalue weighted by molar-refractivity contribution is -0.131. The van der Waals surface area contributed by atoms with Gasteiger partial charge in [-0.1, -0.05) is 18.2 Å². The van der Waals surface area contributed by atoms with Crippen molar-refractivity contribution in [1.82, 2.24) is 0 Å². The number of carbonyl (C=O) groups is 1. The molecule has 0 N–H and O–H groups in total. The molecular weight excluding hydrogens is 164 g/mol. The van der Waals surface area contributed by atoms with Crippen LogP contribution in [-0.4, -0.2) is 5.97 Å². The maximum absolute atomic E-state index is 10.7. The first-order valence-electron chi connectivity index (χ1n) is 4.23. The molecule has 2 nitrogen and oxygen atoms in total. The first-order chi connectivity index (χ1) is 6.25. The van der Waals surface area contributed by atoms with E-state index >= 15 is 0 Å². The molecule has 1 aromatic rings. The summed E-state index contributed by atoms with van der Waals surface area (Å²) in [5.74, 6) is 0.347. The van der Waals surface area contributed by atoms with Gasteiger partial charge in [0.15, 0.2) is 0 Å². The molecule has 0 aliphatic heterocycles. The highest BCUT2D eigenvalue weighted by Gasteiger charge is 2.06. The van der Waals surface area contributed by atoms with Crippen molar-refractivity contribution >= 4 is 12.0 Å². The first kappa shape index (κ1) is 8.05. The minimum Gasteiger partial charge on any atom is -0.427 e. The van der Waals surface area contributed by atoms with Crippen LogP contribution in [-0.2, 0) is 11.2 Å². The third kappa shape index (κ3) is 1.61. The van der Waals surface area contributed by atoms with E-state index < -0.39 is 0 Å². The molecule has 66 valence electrons. The molecule has 0 radical (unpaired) electrons. The van der Waals surface area contributed by atoms with Gasteiger partial charge >= 0.3 is 5.97 Å². The molecule has 0 spiro atoms. The SMILES string of the molecule is CC(=O)Oc1ccc2c(c1)C=CC2. The van der Waals surface area contributed by atoms with Crippen LogP contribution in [0, 0.1) is 0 Å². The first-order valence-corrected chi connectivity index (χ1v) is 4.23. The van der Waals surface area contributed by atoms with E-state index in [2.05, 4.69) is 6.08 Å². The quantitative estimate of drug-likeness (QED) is 0.482. The van der Waals surface area contributed by atoms with Crippen molar-refractivity contribution in [3.8, 4) is 5.75 Å². The van der Waals surface area contributed by atoms with Gasteiger partial charge in [0.1, 0.15) is 5.75 Å². The normalized spacial score (nSPS) is 12.7. The molecule has 1 aliphatic rings. The number of carbonyl (C=O) groups excluding carboxylic acids is 1. The molecule has 0 amide bonds. The van der Waals surface area contributed by atoms with Crippen molar-refractivity contribution < 1.29 is 9.53 Å². The summed E-state index contributed by atoms with van der Waals surface area (Å²) in [6.07, 6.45) is 5.13. The molecule has 1 aromatic carbocycles. The highest BCUT2D eigenvalue weighted by molar-refractivity contribution is 5.70. The summed E-state index contributed by atoms with van der Waals surface area (Å²) in [6, 6.07) is 5.71. The lowest BCUT2D eigenvalue weighted by Gasteiger charge is -2.03. The van der Waals surface area contributed by atoms with E-state index in [1.165, 1.54) is 12.5 Å². The largest absolute Gasteiger partial charge is 0.427 e.